The van der Waals surface area contributed by atoms with Gasteiger partial charge in [0.15, 0.2) is 0 Å². The van der Waals surface area contributed by atoms with Crippen molar-refractivity contribution in [2.45, 2.75) is 77.0 Å². The maximum atomic E-state index is 13.0. The molecule has 7 nitrogen and oxygen atoms in total. The molecule has 176 valence electrons. The van der Waals surface area contributed by atoms with Crippen molar-refractivity contribution in [3.05, 3.63) is 53.2 Å². The highest BCUT2D eigenvalue weighted by molar-refractivity contribution is 5.96. The number of carbonyl (C=O) groups is 2. The largest absolute Gasteiger partial charge is 0.496 e. The number of nitrogens with one attached hydrogen (secondary N) is 2. The fourth-order valence-corrected chi connectivity index (χ4v) is 5.10. The van der Waals surface area contributed by atoms with Gasteiger partial charge in [0.05, 0.1) is 12.7 Å². The van der Waals surface area contributed by atoms with Gasteiger partial charge in [-0.15, -0.1) is 0 Å². The predicted molar refractivity (Wildman–Crippen MR) is 129 cm³/mol. The standard InChI is InChI=1S/C26H34N4O3/c1-5-16(2)28-25(31)18-9-12-24(27-15-18)30-20-10-11-21(30)14-19(13-20)29-26(32)22-7-6-8-23(33-4)17(22)3/h6-9,12,15-16,19-21H,5,10-11,13-14H2,1-4H3,(H,28,31)(H,29,32)/t16-,19?,20?,21?/m0/s1. The second-order valence-electron chi connectivity index (χ2n) is 9.25. The summed E-state index contributed by atoms with van der Waals surface area (Å²) in [6, 6.07) is 10.3. The molecule has 0 saturated carbocycles. The highest BCUT2D eigenvalue weighted by Gasteiger charge is 2.42. The summed E-state index contributed by atoms with van der Waals surface area (Å²) in [4.78, 5) is 32.3. The summed E-state index contributed by atoms with van der Waals surface area (Å²) >= 11 is 0. The molecule has 0 spiro atoms. The van der Waals surface area contributed by atoms with E-state index in [-0.39, 0.29) is 23.9 Å². The minimum atomic E-state index is -0.0828. The van der Waals surface area contributed by atoms with Gasteiger partial charge in [-0.25, -0.2) is 4.98 Å². The van der Waals surface area contributed by atoms with E-state index < -0.39 is 0 Å². The summed E-state index contributed by atoms with van der Waals surface area (Å²) in [7, 11) is 1.62. The number of benzene rings is 1. The molecule has 2 aromatic rings. The van der Waals surface area contributed by atoms with E-state index >= 15 is 0 Å². The molecule has 2 saturated heterocycles. The maximum absolute atomic E-state index is 13.0. The summed E-state index contributed by atoms with van der Waals surface area (Å²) < 4.78 is 5.36. The van der Waals surface area contributed by atoms with Gasteiger partial charge < -0.3 is 20.3 Å². The van der Waals surface area contributed by atoms with Gasteiger partial charge in [-0.3, -0.25) is 9.59 Å². The molecule has 1 aromatic carbocycles. The van der Waals surface area contributed by atoms with Crippen LogP contribution in [0.5, 0.6) is 5.75 Å². The molecule has 2 bridgehead atoms. The van der Waals surface area contributed by atoms with E-state index in [1.54, 1.807) is 13.3 Å². The number of hydrogen-bond acceptors (Lipinski definition) is 5. The molecule has 33 heavy (non-hydrogen) atoms. The quantitative estimate of drug-likeness (QED) is 0.669. The molecular weight excluding hydrogens is 416 g/mol. The molecule has 0 radical (unpaired) electrons. The van der Waals surface area contributed by atoms with Crippen LogP contribution in [-0.4, -0.2) is 48.1 Å². The first-order valence-electron chi connectivity index (χ1n) is 11.9. The summed E-state index contributed by atoms with van der Waals surface area (Å²) in [6.45, 7) is 5.96. The molecule has 0 aliphatic carbocycles. The molecule has 7 heteroatoms. The Balaban J connectivity index is 1.40. The molecule has 2 N–H and O–H groups in total. The Bertz CT molecular complexity index is 993. The number of hydrogen-bond donors (Lipinski definition) is 2. The minimum absolute atomic E-state index is 0.0425. The van der Waals surface area contributed by atoms with E-state index in [2.05, 4.69) is 20.5 Å². The van der Waals surface area contributed by atoms with Gasteiger partial charge >= 0.3 is 0 Å². The lowest BCUT2D eigenvalue weighted by Crippen LogP contribution is -2.50. The SMILES string of the molecule is CC[C@H](C)NC(=O)c1ccc(N2C3CCC2CC(NC(=O)c2cccc(OC)c2C)C3)nc1. The third-order valence-corrected chi connectivity index (χ3v) is 7.08. The number of nitrogens with zero attached hydrogens (tertiary/aromatic N) is 2. The van der Waals surface area contributed by atoms with Crippen LogP contribution in [0.25, 0.3) is 0 Å². The summed E-state index contributed by atoms with van der Waals surface area (Å²) in [5.41, 5.74) is 2.11. The van der Waals surface area contributed by atoms with Crippen LogP contribution in [0.3, 0.4) is 0 Å². The van der Waals surface area contributed by atoms with E-state index in [1.807, 2.05) is 51.1 Å². The number of pyridine rings is 1. The smallest absolute Gasteiger partial charge is 0.253 e. The number of methoxy groups -OCH3 is 1. The number of ether oxygens (including phenoxy) is 1. The van der Waals surface area contributed by atoms with E-state index in [0.29, 0.717) is 23.2 Å². The van der Waals surface area contributed by atoms with Crippen LogP contribution in [0.2, 0.25) is 0 Å². The van der Waals surface area contributed by atoms with Gasteiger partial charge in [-0.05, 0) is 70.2 Å². The normalized spacial score (nSPS) is 22.5. The number of fused-ring (bicyclic) bond motifs is 2. The summed E-state index contributed by atoms with van der Waals surface area (Å²) in [5, 5.41) is 6.24. The number of carbonyl (C=O) groups excluding carboxylic acids is 2. The Morgan fingerprint density at radius 2 is 1.88 bits per heavy atom. The number of rotatable bonds is 7. The topological polar surface area (TPSA) is 83.6 Å². The van der Waals surface area contributed by atoms with Crippen LogP contribution < -0.4 is 20.3 Å². The second-order valence-corrected chi connectivity index (χ2v) is 9.25. The fraction of sp³-hybridized carbons (Fsp3) is 0.500. The summed E-state index contributed by atoms with van der Waals surface area (Å²) in [6.07, 6.45) is 6.53. The summed E-state index contributed by atoms with van der Waals surface area (Å²) in [5.74, 6) is 1.51. The average molecular weight is 451 g/mol. The number of amides is 2. The lowest BCUT2D eigenvalue weighted by Gasteiger charge is -2.40. The third-order valence-electron chi connectivity index (χ3n) is 7.08. The third kappa shape index (κ3) is 4.82. The van der Waals surface area contributed by atoms with E-state index in [4.69, 9.17) is 4.74 Å². The fourth-order valence-electron chi connectivity index (χ4n) is 5.10. The molecule has 2 unspecified atom stereocenters. The lowest BCUT2D eigenvalue weighted by molar-refractivity contribution is 0.0922. The van der Waals surface area contributed by atoms with Gasteiger partial charge in [-0.2, -0.15) is 0 Å². The zero-order valence-electron chi connectivity index (χ0n) is 19.9. The highest BCUT2D eigenvalue weighted by atomic mass is 16.5. The van der Waals surface area contributed by atoms with Crippen molar-refractivity contribution in [3.8, 4) is 5.75 Å². The first-order chi connectivity index (χ1) is 15.9. The monoisotopic (exact) mass is 450 g/mol. The first-order valence-corrected chi connectivity index (χ1v) is 11.9. The Labute approximate surface area is 195 Å². The van der Waals surface area contributed by atoms with Crippen LogP contribution >= 0.6 is 0 Å². The molecule has 3 heterocycles. The van der Waals surface area contributed by atoms with Gasteiger partial charge in [0.2, 0.25) is 0 Å². The van der Waals surface area contributed by atoms with Crippen LogP contribution in [0, 0.1) is 6.92 Å². The van der Waals surface area contributed by atoms with Crippen LogP contribution in [-0.2, 0) is 0 Å². The van der Waals surface area contributed by atoms with Gasteiger partial charge in [0, 0.05) is 41.5 Å². The Kier molecular flexibility index (Phi) is 6.86. The molecule has 2 fully saturated rings. The highest BCUT2D eigenvalue weighted by Crippen LogP contribution is 2.38. The van der Waals surface area contributed by atoms with E-state index in [9.17, 15) is 9.59 Å². The number of aromatic nitrogens is 1. The Hall–Kier alpha value is -3.09. The van der Waals surface area contributed by atoms with Crippen molar-refractivity contribution in [1.29, 1.82) is 0 Å². The van der Waals surface area contributed by atoms with Gasteiger partial charge in [0.25, 0.3) is 11.8 Å². The molecule has 3 atom stereocenters. The van der Waals surface area contributed by atoms with Crippen molar-refractivity contribution >= 4 is 17.6 Å². The lowest BCUT2D eigenvalue weighted by atomic mass is 9.96. The molecule has 2 aliphatic heterocycles. The Morgan fingerprint density at radius 1 is 1.15 bits per heavy atom. The molecule has 4 rings (SSSR count). The van der Waals surface area contributed by atoms with E-state index in [1.165, 1.54) is 0 Å². The van der Waals surface area contributed by atoms with Gasteiger partial charge in [-0.1, -0.05) is 13.0 Å². The van der Waals surface area contributed by atoms with Crippen molar-refractivity contribution < 1.29 is 14.3 Å². The van der Waals surface area contributed by atoms with Crippen LogP contribution in [0.15, 0.2) is 36.5 Å². The molecule has 1 aromatic heterocycles. The molecule has 2 aliphatic rings. The zero-order chi connectivity index (χ0) is 23.5. The average Bonchev–Trinajstić information content (AvgIpc) is 3.09. The van der Waals surface area contributed by atoms with Gasteiger partial charge in [0.1, 0.15) is 11.6 Å². The van der Waals surface area contributed by atoms with Crippen LogP contribution in [0.1, 0.15) is 72.2 Å². The first kappa shape index (κ1) is 23.1. The Morgan fingerprint density at radius 3 is 2.48 bits per heavy atom. The number of piperidine rings is 1. The van der Waals surface area contributed by atoms with Crippen molar-refractivity contribution in [1.82, 2.24) is 15.6 Å². The number of anilines is 1. The molecular formula is C26H34N4O3. The zero-order valence-corrected chi connectivity index (χ0v) is 19.9. The van der Waals surface area contributed by atoms with Crippen molar-refractivity contribution in [2.75, 3.05) is 12.0 Å². The second kappa shape index (κ2) is 9.81. The van der Waals surface area contributed by atoms with Crippen LogP contribution in [0.4, 0.5) is 5.82 Å². The minimum Gasteiger partial charge on any atom is -0.496 e. The van der Waals surface area contributed by atoms with Crippen molar-refractivity contribution in [3.63, 3.8) is 0 Å². The van der Waals surface area contributed by atoms with Crippen molar-refractivity contribution in [2.24, 2.45) is 0 Å². The maximum Gasteiger partial charge on any atom is 0.253 e. The predicted octanol–water partition coefficient (Wildman–Crippen LogP) is 3.86. The molecule has 2 amide bonds. The van der Waals surface area contributed by atoms with E-state index in [0.717, 1.165) is 49.2 Å².